The molecule has 16 heavy (non-hydrogen) atoms. The fraction of sp³-hybridized carbons (Fsp3) is 0.364. The van der Waals surface area contributed by atoms with Crippen LogP contribution >= 0.6 is 0 Å². The van der Waals surface area contributed by atoms with Crippen molar-refractivity contribution in [3.05, 3.63) is 30.1 Å². The molecule has 0 fully saturated rings. The molecule has 0 aliphatic carbocycles. The minimum absolute atomic E-state index is 0.130. The van der Waals surface area contributed by atoms with Crippen LogP contribution in [0.3, 0.4) is 0 Å². The van der Waals surface area contributed by atoms with Gasteiger partial charge in [-0.2, -0.15) is 5.10 Å². The lowest BCUT2D eigenvalue weighted by Gasteiger charge is -2.01. The molecule has 5 heteroatoms. The van der Waals surface area contributed by atoms with Gasteiger partial charge >= 0.3 is 0 Å². The number of carbonyl (C=O) groups is 1. The number of nitrogens with one attached hydrogen (secondary N) is 1. The minimum Gasteiger partial charge on any atom is -0.396 e. The van der Waals surface area contributed by atoms with Crippen LogP contribution in [0.5, 0.6) is 0 Å². The highest BCUT2D eigenvalue weighted by Crippen LogP contribution is 1.96. The molecule has 0 saturated heterocycles. The molecule has 1 amide bonds. The molecule has 1 aromatic rings. The lowest BCUT2D eigenvalue weighted by Crippen LogP contribution is -2.19. The van der Waals surface area contributed by atoms with E-state index in [0.717, 1.165) is 5.71 Å². The first-order valence-corrected chi connectivity index (χ1v) is 5.08. The number of aliphatic hydroxyl groups excluding tert-OH is 1. The Morgan fingerprint density at radius 2 is 2.19 bits per heavy atom. The molecule has 0 unspecified atom stereocenters. The second kappa shape index (κ2) is 6.68. The SMILES string of the molecule is CC(CCCO)=NNC(=O)c1ccncc1. The first-order chi connectivity index (χ1) is 7.74. The maximum atomic E-state index is 11.5. The first kappa shape index (κ1) is 12.3. The van der Waals surface area contributed by atoms with Crippen LogP contribution in [0.1, 0.15) is 30.1 Å². The largest absolute Gasteiger partial charge is 0.396 e. The van der Waals surface area contributed by atoms with Crippen molar-refractivity contribution in [3.8, 4) is 0 Å². The number of aliphatic hydroxyl groups is 1. The number of hydrogen-bond donors (Lipinski definition) is 2. The zero-order valence-electron chi connectivity index (χ0n) is 9.18. The van der Waals surface area contributed by atoms with Crippen LogP contribution in [0.2, 0.25) is 0 Å². The Morgan fingerprint density at radius 1 is 1.50 bits per heavy atom. The van der Waals surface area contributed by atoms with Gasteiger partial charge in [0.05, 0.1) is 0 Å². The molecule has 1 aromatic heterocycles. The summed E-state index contributed by atoms with van der Waals surface area (Å²) < 4.78 is 0. The highest BCUT2D eigenvalue weighted by molar-refractivity contribution is 5.95. The summed E-state index contributed by atoms with van der Waals surface area (Å²) in [7, 11) is 0. The van der Waals surface area contributed by atoms with E-state index < -0.39 is 0 Å². The van der Waals surface area contributed by atoms with Crippen molar-refractivity contribution in [3.63, 3.8) is 0 Å². The van der Waals surface area contributed by atoms with E-state index in [-0.39, 0.29) is 12.5 Å². The molecule has 0 aromatic carbocycles. The van der Waals surface area contributed by atoms with Crippen LogP contribution in [0.25, 0.3) is 0 Å². The molecule has 0 atom stereocenters. The fourth-order valence-corrected chi connectivity index (χ4v) is 1.10. The van der Waals surface area contributed by atoms with Crippen LogP contribution in [0.15, 0.2) is 29.6 Å². The Bertz CT molecular complexity index is 363. The van der Waals surface area contributed by atoms with Crippen LogP contribution in [-0.4, -0.2) is 28.3 Å². The van der Waals surface area contributed by atoms with Gasteiger partial charge in [-0.3, -0.25) is 9.78 Å². The van der Waals surface area contributed by atoms with Crippen molar-refractivity contribution in [2.75, 3.05) is 6.61 Å². The number of pyridine rings is 1. The number of carbonyl (C=O) groups excluding carboxylic acids is 1. The average Bonchev–Trinajstić information content (AvgIpc) is 2.34. The van der Waals surface area contributed by atoms with Gasteiger partial charge < -0.3 is 5.11 Å². The van der Waals surface area contributed by atoms with E-state index in [0.29, 0.717) is 18.4 Å². The summed E-state index contributed by atoms with van der Waals surface area (Å²) in [6.45, 7) is 1.94. The third-order valence-corrected chi connectivity index (χ3v) is 1.99. The smallest absolute Gasteiger partial charge is 0.271 e. The molecule has 1 rings (SSSR count). The van der Waals surface area contributed by atoms with Gasteiger partial charge in [-0.25, -0.2) is 5.43 Å². The van der Waals surface area contributed by atoms with Crippen LogP contribution in [0, 0.1) is 0 Å². The van der Waals surface area contributed by atoms with Gasteiger partial charge in [0.1, 0.15) is 0 Å². The molecule has 0 bridgehead atoms. The summed E-state index contributed by atoms with van der Waals surface area (Å²) in [5, 5.41) is 12.5. The van der Waals surface area contributed by atoms with Gasteiger partial charge in [0.15, 0.2) is 0 Å². The highest BCUT2D eigenvalue weighted by Gasteiger charge is 2.02. The Morgan fingerprint density at radius 3 is 2.81 bits per heavy atom. The lowest BCUT2D eigenvalue weighted by molar-refractivity contribution is 0.0954. The van der Waals surface area contributed by atoms with Crippen LogP contribution in [-0.2, 0) is 0 Å². The Balaban J connectivity index is 2.46. The van der Waals surface area contributed by atoms with Gasteiger partial charge in [-0.05, 0) is 31.9 Å². The van der Waals surface area contributed by atoms with E-state index in [1.54, 1.807) is 24.5 Å². The Hall–Kier alpha value is -1.75. The standard InChI is InChI=1S/C11H15N3O2/c1-9(3-2-8-15)13-14-11(16)10-4-6-12-7-5-10/h4-7,15H,2-3,8H2,1H3,(H,14,16). The molecular formula is C11H15N3O2. The van der Waals surface area contributed by atoms with Crippen LogP contribution < -0.4 is 5.43 Å². The Labute approximate surface area is 94.2 Å². The maximum absolute atomic E-state index is 11.5. The quantitative estimate of drug-likeness (QED) is 0.574. The van der Waals surface area contributed by atoms with E-state index >= 15 is 0 Å². The summed E-state index contributed by atoms with van der Waals surface area (Å²) in [4.78, 5) is 15.3. The van der Waals surface area contributed by atoms with E-state index in [1.165, 1.54) is 0 Å². The van der Waals surface area contributed by atoms with E-state index in [4.69, 9.17) is 5.11 Å². The molecule has 0 saturated carbocycles. The average molecular weight is 221 g/mol. The molecule has 1 heterocycles. The predicted molar refractivity (Wildman–Crippen MR) is 61.1 cm³/mol. The number of rotatable bonds is 5. The summed E-state index contributed by atoms with van der Waals surface area (Å²) in [5.41, 5.74) is 3.76. The van der Waals surface area contributed by atoms with Crippen molar-refractivity contribution in [1.82, 2.24) is 10.4 Å². The first-order valence-electron chi connectivity index (χ1n) is 5.08. The van der Waals surface area contributed by atoms with Gasteiger partial charge in [0.2, 0.25) is 0 Å². The van der Waals surface area contributed by atoms with Gasteiger partial charge in [-0.15, -0.1) is 0 Å². The van der Waals surface area contributed by atoms with Crippen molar-refractivity contribution < 1.29 is 9.90 Å². The normalized spacial score (nSPS) is 11.2. The lowest BCUT2D eigenvalue weighted by atomic mass is 10.2. The van der Waals surface area contributed by atoms with Gasteiger partial charge in [0, 0.05) is 30.3 Å². The molecule has 0 aliphatic rings. The minimum atomic E-state index is -0.259. The van der Waals surface area contributed by atoms with Crippen molar-refractivity contribution in [2.24, 2.45) is 5.10 Å². The summed E-state index contributed by atoms with van der Waals surface area (Å²) in [6.07, 6.45) is 4.43. The predicted octanol–water partition coefficient (Wildman–Crippen LogP) is 0.960. The summed E-state index contributed by atoms with van der Waals surface area (Å²) >= 11 is 0. The second-order valence-corrected chi connectivity index (χ2v) is 3.35. The van der Waals surface area contributed by atoms with Crippen molar-refractivity contribution >= 4 is 11.6 Å². The Kier molecular flexibility index (Phi) is 5.15. The molecular weight excluding hydrogens is 206 g/mol. The number of hydrazone groups is 1. The van der Waals surface area contributed by atoms with Gasteiger partial charge in [-0.1, -0.05) is 0 Å². The molecule has 0 spiro atoms. The maximum Gasteiger partial charge on any atom is 0.271 e. The van der Waals surface area contributed by atoms with Crippen molar-refractivity contribution in [2.45, 2.75) is 19.8 Å². The van der Waals surface area contributed by atoms with E-state index in [9.17, 15) is 4.79 Å². The van der Waals surface area contributed by atoms with Crippen LogP contribution in [0.4, 0.5) is 0 Å². The zero-order valence-corrected chi connectivity index (χ0v) is 9.18. The second-order valence-electron chi connectivity index (χ2n) is 3.35. The van der Waals surface area contributed by atoms with Crippen molar-refractivity contribution in [1.29, 1.82) is 0 Å². The van der Waals surface area contributed by atoms with E-state index in [1.807, 2.05) is 6.92 Å². The molecule has 0 radical (unpaired) electrons. The molecule has 5 nitrogen and oxygen atoms in total. The molecule has 2 N–H and O–H groups in total. The zero-order chi connectivity index (χ0) is 11.8. The monoisotopic (exact) mass is 221 g/mol. The van der Waals surface area contributed by atoms with E-state index in [2.05, 4.69) is 15.5 Å². The van der Waals surface area contributed by atoms with Gasteiger partial charge in [0.25, 0.3) is 5.91 Å². The summed E-state index contributed by atoms with van der Waals surface area (Å²) in [6, 6.07) is 3.24. The number of nitrogens with zero attached hydrogens (tertiary/aromatic N) is 2. The number of hydrogen-bond acceptors (Lipinski definition) is 4. The topological polar surface area (TPSA) is 74.6 Å². The molecule has 0 aliphatic heterocycles. The highest BCUT2D eigenvalue weighted by atomic mass is 16.2. The number of aromatic nitrogens is 1. The summed E-state index contributed by atoms with van der Waals surface area (Å²) in [5.74, 6) is -0.259. The third-order valence-electron chi connectivity index (χ3n) is 1.99. The molecule has 86 valence electrons. The third kappa shape index (κ3) is 4.18. The fourth-order valence-electron chi connectivity index (χ4n) is 1.10. The number of amides is 1.